The molecule has 0 aromatic heterocycles. The molecule has 0 N–H and O–H groups in total. The summed E-state index contributed by atoms with van der Waals surface area (Å²) in [6.45, 7) is 4.26. The Bertz CT molecular complexity index is 1000. The molecule has 0 aliphatic rings. The molecule has 344 valence electrons. The van der Waals surface area contributed by atoms with E-state index in [1.807, 2.05) is 21.1 Å². The van der Waals surface area contributed by atoms with Crippen LogP contribution in [0.4, 0.5) is 0 Å². The minimum Gasteiger partial charge on any atom is -0.756 e. The third kappa shape index (κ3) is 44.3. The van der Waals surface area contributed by atoms with E-state index in [9.17, 15) is 19.0 Å². The van der Waals surface area contributed by atoms with Crippen LogP contribution >= 0.6 is 7.82 Å². The van der Waals surface area contributed by atoms with Crippen LogP contribution in [0, 0.1) is 0 Å². The smallest absolute Gasteiger partial charge is 0.306 e. The fourth-order valence-electron chi connectivity index (χ4n) is 6.95. The van der Waals surface area contributed by atoms with Crippen LogP contribution in [-0.2, 0) is 32.7 Å². The number of quaternary nitrogens is 1. The highest BCUT2D eigenvalue weighted by molar-refractivity contribution is 7.45. The van der Waals surface area contributed by atoms with Crippen molar-refractivity contribution in [1.82, 2.24) is 0 Å². The molecule has 0 spiro atoms. The van der Waals surface area contributed by atoms with E-state index < -0.39 is 26.5 Å². The van der Waals surface area contributed by atoms with Gasteiger partial charge in [-0.3, -0.25) is 14.2 Å². The Labute approximate surface area is 358 Å². The molecule has 0 rings (SSSR count). The lowest BCUT2D eigenvalue weighted by Crippen LogP contribution is -2.37. The van der Waals surface area contributed by atoms with Gasteiger partial charge in [0, 0.05) is 12.8 Å². The molecule has 0 bridgehead atoms. The average Bonchev–Trinajstić information content (AvgIpc) is 3.17. The third-order valence-corrected chi connectivity index (χ3v) is 11.7. The summed E-state index contributed by atoms with van der Waals surface area (Å²) in [6, 6.07) is 0. The summed E-state index contributed by atoms with van der Waals surface area (Å²) >= 11 is 0. The molecule has 10 heteroatoms. The predicted molar refractivity (Wildman–Crippen MR) is 241 cm³/mol. The van der Waals surface area contributed by atoms with Crippen molar-refractivity contribution >= 4 is 19.8 Å². The second kappa shape index (κ2) is 41.1. The molecular formula is C48H94NO8P. The molecule has 0 aliphatic heterocycles. The Kier molecular flexibility index (Phi) is 40.2. The van der Waals surface area contributed by atoms with Crippen LogP contribution in [-0.4, -0.2) is 70.0 Å². The first-order chi connectivity index (χ1) is 28.0. The lowest BCUT2D eigenvalue weighted by atomic mass is 10.0. The van der Waals surface area contributed by atoms with Crippen molar-refractivity contribution in [2.45, 2.75) is 238 Å². The number of allylic oxidation sites excluding steroid dienone is 2. The van der Waals surface area contributed by atoms with Crippen LogP contribution in [0.3, 0.4) is 0 Å². The molecule has 0 aromatic carbocycles. The Morgan fingerprint density at radius 1 is 0.517 bits per heavy atom. The zero-order valence-electron chi connectivity index (χ0n) is 38.8. The van der Waals surface area contributed by atoms with E-state index >= 15 is 0 Å². The van der Waals surface area contributed by atoms with Crippen molar-refractivity contribution < 1.29 is 42.1 Å². The first kappa shape index (κ1) is 56.8. The van der Waals surface area contributed by atoms with Gasteiger partial charge in [0.1, 0.15) is 19.8 Å². The van der Waals surface area contributed by atoms with E-state index in [4.69, 9.17) is 18.5 Å². The quantitative estimate of drug-likeness (QED) is 0.0196. The molecule has 2 atom stereocenters. The highest BCUT2D eigenvalue weighted by atomic mass is 31.2. The number of hydrogen-bond acceptors (Lipinski definition) is 8. The van der Waals surface area contributed by atoms with Gasteiger partial charge in [-0.1, -0.05) is 193 Å². The summed E-state index contributed by atoms with van der Waals surface area (Å²) in [7, 11) is 1.17. The summed E-state index contributed by atoms with van der Waals surface area (Å²) in [5.41, 5.74) is 0. The normalized spacial score (nSPS) is 13.6. The van der Waals surface area contributed by atoms with E-state index in [0.717, 1.165) is 44.9 Å². The van der Waals surface area contributed by atoms with E-state index in [1.54, 1.807) is 0 Å². The number of unbranched alkanes of at least 4 members (excludes halogenated alkanes) is 29. The SMILES string of the molecule is CCCCCCCC/C=C\CCCCCCCCCC(=O)O[C@H](COC(=O)CCCCCCCCCCCCCCCCCCC)COP(=O)([O-])OCC[N+](C)(C)C. The number of rotatable bonds is 45. The number of hydrogen-bond donors (Lipinski definition) is 0. The number of phosphoric acid groups is 1. The highest BCUT2D eigenvalue weighted by Crippen LogP contribution is 2.38. The summed E-state index contributed by atoms with van der Waals surface area (Å²) in [6.07, 6.45) is 43.7. The second-order valence-electron chi connectivity index (χ2n) is 17.8. The van der Waals surface area contributed by atoms with E-state index in [2.05, 4.69) is 26.0 Å². The zero-order chi connectivity index (χ0) is 42.8. The second-order valence-corrected chi connectivity index (χ2v) is 19.2. The van der Waals surface area contributed by atoms with Crippen molar-refractivity contribution in [2.75, 3.05) is 47.5 Å². The van der Waals surface area contributed by atoms with Gasteiger partial charge in [-0.2, -0.15) is 0 Å². The van der Waals surface area contributed by atoms with Gasteiger partial charge >= 0.3 is 11.9 Å². The van der Waals surface area contributed by atoms with Crippen molar-refractivity contribution in [2.24, 2.45) is 0 Å². The summed E-state index contributed by atoms with van der Waals surface area (Å²) < 4.78 is 34.0. The van der Waals surface area contributed by atoms with Crippen molar-refractivity contribution in [3.63, 3.8) is 0 Å². The predicted octanol–water partition coefficient (Wildman–Crippen LogP) is 13.5. The number of ether oxygens (including phenoxy) is 2. The Morgan fingerprint density at radius 3 is 1.28 bits per heavy atom. The molecule has 0 fully saturated rings. The number of carbonyl (C=O) groups is 2. The maximum atomic E-state index is 12.7. The monoisotopic (exact) mass is 844 g/mol. The van der Waals surface area contributed by atoms with Gasteiger partial charge in [-0.15, -0.1) is 0 Å². The molecule has 0 saturated heterocycles. The first-order valence-electron chi connectivity index (χ1n) is 24.4. The molecule has 58 heavy (non-hydrogen) atoms. The maximum Gasteiger partial charge on any atom is 0.306 e. The molecule has 1 unspecified atom stereocenters. The average molecular weight is 844 g/mol. The van der Waals surface area contributed by atoms with Crippen LogP contribution in [0.2, 0.25) is 0 Å². The lowest BCUT2D eigenvalue weighted by molar-refractivity contribution is -0.870. The number of nitrogens with zero attached hydrogens (tertiary/aromatic N) is 1. The maximum absolute atomic E-state index is 12.7. The molecule has 0 saturated carbocycles. The fourth-order valence-corrected chi connectivity index (χ4v) is 7.67. The minimum absolute atomic E-state index is 0.0283. The summed E-state index contributed by atoms with van der Waals surface area (Å²) in [5.74, 6) is -0.826. The van der Waals surface area contributed by atoms with E-state index in [-0.39, 0.29) is 32.0 Å². The number of likely N-dealkylation sites (N-methyl/N-ethyl adjacent to an activating group) is 1. The minimum atomic E-state index is -4.62. The van der Waals surface area contributed by atoms with E-state index in [1.165, 1.54) is 154 Å². The van der Waals surface area contributed by atoms with Gasteiger partial charge in [0.05, 0.1) is 27.7 Å². The van der Waals surface area contributed by atoms with Crippen LogP contribution in [0.15, 0.2) is 12.2 Å². The molecule has 9 nitrogen and oxygen atoms in total. The van der Waals surface area contributed by atoms with Gasteiger partial charge in [0.15, 0.2) is 6.10 Å². The van der Waals surface area contributed by atoms with Crippen molar-refractivity contribution in [1.29, 1.82) is 0 Å². The molecule has 0 aliphatic carbocycles. The van der Waals surface area contributed by atoms with Crippen LogP contribution in [0.1, 0.15) is 232 Å². The van der Waals surface area contributed by atoms with Crippen LogP contribution in [0.5, 0.6) is 0 Å². The lowest BCUT2D eigenvalue weighted by Gasteiger charge is -2.28. The Balaban J connectivity index is 4.27. The number of esters is 2. The third-order valence-electron chi connectivity index (χ3n) is 10.8. The van der Waals surface area contributed by atoms with Crippen molar-refractivity contribution in [3.8, 4) is 0 Å². The van der Waals surface area contributed by atoms with E-state index in [0.29, 0.717) is 17.4 Å². The standard InChI is InChI=1S/C48H94NO8P/c1-6-8-10-12-14-16-18-20-22-24-26-28-30-32-34-36-38-40-47(50)54-44-46(45-56-58(52,53)55-43-42-49(3,4)5)57-48(51)41-39-37-35-33-31-29-27-25-23-21-19-17-15-13-11-9-7-2/h21,23,46H,6-20,22,24-45H2,1-5H3/b23-21-/t46-/m1/s1. The van der Waals surface area contributed by atoms with Crippen molar-refractivity contribution in [3.05, 3.63) is 12.2 Å². The fraction of sp³-hybridized carbons (Fsp3) is 0.917. The molecule has 0 heterocycles. The van der Waals surface area contributed by atoms with Crippen LogP contribution in [0.25, 0.3) is 0 Å². The van der Waals surface area contributed by atoms with Gasteiger partial charge in [-0.25, -0.2) is 0 Å². The molecule has 0 aromatic rings. The van der Waals surface area contributed by atoms with Crippen LogP contribution < -0.4 is 4.89 Å². The van der Waals surface area contributed by atoms with Gasteiger partial charge < -0.3 is 27.9 Å². The van der Waals surface area contributed by atoms with Gasteiger partial charge in [-0.05, 0) is 38.5 Å². The zero-order valence-corrected chi connectivity index (χ0v) is 39.7. The highest BCUT2D eigenvalue weighted by Gasteiger charge is 2.21. The van der Waals surface area contributed by atoms with Gasteiger partial charge in [0.2, 0.25) is 0 Å². The summed E-state index contributed by atoms with van der Waals surface area (Å²) in [4.78, 5) is 37.6. The Morgan fingerprint density at radius 2 is 0.879 bits per heavy atom. The topological polar surface area (TPSA) is 111 Å². The largest absolute Gasteiger partial charge is 0.756 e. The Hall–Kier alpha value is -1.25. The molecule has 0 amide bonds. The summed E-state index contributed by atoms with van der Waals surface area (Å²) in [5, 5.41) is 0. The molecular weight excluding hydrogens is 750 g/mol. The number of carbonyl (C=O) groups excluding carboxylic acids is 2. The molecule has 0 radical (unpaired) electrons. The first-order valence-corrected chi connectivity index (χ1v) is 25.9. The number of phosphoric ester groups is 1. The van der Waals surface area contributed by atoms with Gasteiger partial charge in [0.25, 0.3) is 7.82 Å².